The first kappa shape index (κ1) is 20.4. The highest BCUT2D eigenvalue weighted by Gasteiger charge is 2.28. The van der Waals surface area contributed by atoms with Crippen LogP contribution in [0.15, 0.2) is 5.38 Å². The molecule has 1 aliphatic heterocycles. The second kappa shape index (κ2) is 8.16. The van der Waals surface area contributed by atoms with Crippen molar-refractivity contribution in [1.82, 2.24) is 14.8 Å². The molecule has 0 spiro atoms. The summed E-state index contributed by atoms with van der Waals surface area (Å²) in [6.45, 7) is 7.10. The number of carbonyl (C=O) groups is 3. The third-order valence-corrected chi connectivity index (χ3v) is 5.84. The minimum Gasteiger partial charge on any atom is -0.481 e. The number of amides is 2. The second-order valence-corrected chi connectivity index (χ2v) is 8.67. The van der Waals surface area contributed by atoms with Gasteiger partial charge in [0.15, 0.2) is 0 Å². The molecule has 2 rings (SSSR count). The summed E-state index contributed by atoms with van der Waals surface area (Å²) in [6, 6.07) is 0. The average Bonchev–Trinajstić information content (AvgIpc) is 3.03. The van der Waals surface area contributed by atoms with E-state index in [1.807, 2.05) is 5.38 Å². The maximum Gasteiger partial charge on any atom is 0.306 e. The summed E-state index contributed by atoms with van der Waals surface area (Å²) in [5.41, 5.74) is 0.683. The maximum atomic E-state index is 12.4. The van der Waals surface area contributed by atoms with Crippen LogP contribution in [0, 0.1) is 5.92 Å². The van der Waals surface area contributed by atoms with Gasteiger partial charge in [-0.2, -0.15) is 0 Å². The first-order valence-electron chi connectivity index (χ1n) is 8.77. The van der Waals surface area contributed by atoms with Crippen molar-refractivity contribution in [2.24, 2.45) is 5.92 Å². The Bertz CT molecular complexity index is 672. The van der Waals surface area contributed by atoms with Gasteiger partial charge in [-0.15, -0.1) is 11.3 Å². The molecule has 26 heavy (non-hydrogen) atoms. The number of rotatable bonds is 5. The van der Waals surface area contributed by atoms with Crippen LogP contribution in [0.4, 0.5) is 0 Å². The fourth-order valence-electron chi connectivity index (χ4n) is 2.79. The van der Waals surface area contributed by atoms with Crippen molar-refractivity contribution in [3.63, 3.8) is 0 Å². The van der Waals surface area contributed by atoms with Crippen LogP contribution in [0.25, 0.3) is 0 Å². The number of thiazole rings is 1. The molecule has 7 nitrogen and oxygen atoms in total. The van der Waals surface area contributed by atoms with E-state index in [-0.39, 0.29) is 36.1 Å². The van der Waals surface area contributed by atoms with Gasteiger partial charge >= 0.3 is 5.97 Å². The SMILES string of the molecule is CN(CC(=O)N1CCC(C(=O)O)CC1)C(=O)Cc1csc(C(C)(C)C)n1. The predicted molar refractivity (Wildman–Crippen MR) is 99.1 cm³/mol. The van der Waals surface area contributed by atoms with Crippen molar-refractivity contribution in [2.75, 3.05) is 26.7 Å². The molecule has 0 unspecified atom stereocenters. The lowest BCUT2D eigenvalue weighted by molar-refractivity contribution is -0.146. The average molecular weight is 381 g/mol. The molecule has 1 aromatic rings. The Hall–Kier alpha value is -1.96. The molecule has 1 N–H and O–H groups in total. The highest BCUT2D eigenvalue weighted by Crippen LogP contribution is 2.25. The van der Waals surface area contributed by atoms with Crippen molar-refractivity contribution in [1.29, 1.82) is 0 Å². The van der Waals surface area contributed by atoms with E-state index in [4.69, 9.17) is 5.11 Å². The van der Waals surface area contributed by atoms with Crippen LogP contribution in [0.1, 0.15) is 44.3 Å². The summed E-state index contributed by atoms with van der Waals surface area (Å²) in [5.74, 6) is -1.47. The predicted octanol–water partition coefficient (Wildman–Crippen LogP) is 1.76. The number of carbonyl (C=O) groups excluding carboxylic acids is 2. The molecule has 1 saturated heterocycles. The van der Waals surface area contributed by atoms with Crippen molar-refractivity contribution in [2.45, 2.75) is 45.4 Å². The molecule has 0 radical (unpaired) electrons. The molecule has 1 aliphatic rings. The smallest absolute Gasteiger partial charge is 0.306 e. The molecule has 0 aromatic carbocycles. The van der Waals surface area contributed by atoms with Crippen LogP contribution >= 0.6 is 11.3 Å². The molecule has 1 fully saturated rings. The lowest BCUT2D eigenvalue weighted by Gasteiger charge is -2.31. The van der Waals surface area contributed by atoms with Gasteiger partial charge in [-0.05, 0) is 12.8 Å². The highest BCUT2D eigenvalue weighted by atomic mass is 32.1. The van der Waals surface area contributed by atoms with Gasteiger partial charge in [-0.3, -0.25) is 14.4 Å². The Labute approximate surface area is 158 Å². The molecule has 1 aromatic heterocycles. The molecule has 2 amide bonds. The number of aliphatic carboxylic acids is 1. The molecule has 0 atom stereocenters. The number of carboxylic acids is 1. The molecule has 8 heteroatoms. The fourth-order valence-corrected chi connectivity index (χ4v) is 3.70. The first-order valence-corrected chi connectivity index (χ1v) is 9.65. The summed E-state index contributed by atoms with van der Waals surface area (Å²) in [6.07, 6.45) is 1.11. The fraction of sp³-hybridized carbons (Fsp3) is 0.667. The molecular weight excluding hydrogens is 354 g/mol. The van der Waals surface area contributed by atoms with Gasteiger partial charge in [0.25, 0.3) is 0 Å². The summed E-state index contributed by atoms with van der Waals surface area (Å²) in [5, 5.41) is 11.9. The summed E-state index contributed by atoms with van der Waals surface area (Å²) < 4.78 is 0. The number of piperidine rings is 1. The van der Waals surface area contributed by atoms with E-state index >= 15 is 0 Å². The van der Waals surface area contributed by atoms with Crippen LogP contribution in [0.5, 0.6) is 0 Å². The van der Waals surface area contributed by atoms with E-state index in [1.54, 1.807) is 23.3 Å². The third kappa shape index (κ3) is 5.27. The lowest BCUT2D eigenvalue weighted by Crippen LogP contribution is -2.45. The van der Waals surface area contributed by atoms with E-state index in [9.17, 15) is 14.4 Å². The van der Waals surface area contributed by atoms with Crippen LogP contribution < -0.4 is 0 Å². The third-order valence-electron chi connectivity index (χ3n) is 4.52. The number of carboxylic acid groups (broad SMARTS) is 1. The Morgan fingerprint density at radius 3 is 2.42 bits per heavy atom. The van der Waals surface area contributed by atoms with E-state index in [2.05, 4.69) is 25.8 Å². The number of aromatic nitrogens is 1. The minimum atomic E-state index is -0.803. The van der Waals surface area contributed by atoms with Crippen LogP contribution in [0.3, 0.4) is 0 Å². The van der Waals surface area contributed by atoms with Crippen molar-refractivity contribution in [3.05, 3.63) is 16.1 Å². The summed E-state index contributed by atoms with van der Waals surface area (Å²) in [7, 11) is 1.61. The highest BCUT2D eigenvalue weighted by molar-refractivity contribution is 7.09. The summed E-state index contributed by atoms with van der Waals surface area (Å²) in [4.78, 5) is 43.3. The Balaban J connectivity index is 1.84. The number of nitrogens with zero attached hydrogens (tertiary/aromatic N) is 3. The zero-order valence-electron chi connectivity index (χ0n) is 15.8. The van der Waals surface area contributed by atoms with E-state index in [0.29, 0.717) is 25.9 Å². The number of hydrogen-bond donors (Lipinski definition) is 1. The number of hydrogen-bond acceptors (Lipinski definition) is 5. The topological polar surface area (TPSA) is 90.8 Å². The lowest BCUT2D eigenvalue weighted by atomic mass is 9.97. The Morgan fingerprint density at radius 1 is 1.31 bits per heavy atom. The first-order chi connectivity index (χ1) is 12.1. The van der Waals surface area contributed by atoms with Gasteiger partial charge in [0.05, 0.1) is 29.6 Å². The van der Waals surface area contributed by atoms with E-state index in [1.165, 1.54) is 4.90 Å². The van der Waals surface area contributed by atoms with Gasteiger partial charge in [-0.1, -0.05) is 20.8 Å². The number of likely N-dealkylation sites (N-methyl/N-ethyl adjacent to an activating group) is 1. The standard InChI is InChI=1S/C18H27N3O4S/c1-18(2,3)17-19-13(11-26-17)9-14(22)20(4)10-15(23)21-7-5-12(6-8-21)16(24)25/h11-12H,5-10H2,1-4H3,(H,24,25). The largest absolute Gasteiger partial charge is 0.481 e. The quantitative estimate of drug-likeness (QED) is 0.839. The van der Waals surface area contributed by atoms with Gasteiger partial charge < -0.3 is 14.9 Å². The molecule has 0 aliphatic carbocycles. The number of likely N-dealkylation sites (tertiary alicyclic amines) is 1. The maximum absolute atomic E-state index is 12.4. The zero-order chi connectivity index (χ0) is 19.5. The van der Waals surface area contributed by atoms with Crippen molar-refractivity contribution in [3.8, 4) is 0 Å². The van der Waals surface area contributed by atoms with Gasteiger partial charge in [0, 0.05) is 30.9 Å². The molecule has 2 heterocycles. The van der Waals surface area contributed by atoms with Crippen LogP contribution in [-0.2, 0) is 26.2 Å². The Morgan fingerprint density at radius 2 is 1.92 bits per heavy atom. The summed E-state index contributed by atoms with van der Waals surface area (Å²) >= 11 is 1.54. The van der Waals surface area contributed by atoms with Crippen LogP contribution in [-0.4, -0.2) is 64.4 Å². The van der Waals surface area contributed by atoms with Crippen LogP contribution in [0.2, 0.25) is 0 Å². The van der Waals surface area contributed by atoms with Gasteiger partial charge in [0.1, 0.15) is 0 Å². The molecule has 144 valence electrons. The molecule has 0 bridgehead atoms. The monoisotopic (exact) mass is 381 g/mol. The minimum absolute atomic E-state index is 0.00678. The molecule has 0 saturated carbocycles. The zero-order valence-corrected chi connectivity index (χ0v) is 16.6. The van der Waals surface area contributed by atoms with E-state index in [0.717, 1.165) is 10.7 Å². The second-order valence-electron chi connectivity index (χ2n) is 7.81. The van der Waals surface area contributed by atoms with Crippen molar-refractivity contribution < 1.29 is 19.5 Å². The van der Waals surface area contributed by atoms with Gasteiger partial charge in [-0.25, -0.2) is 4.98 Å². The van der Waals surface area contributed by atoms with Crippen molar-refractivity contribution >= 4 is 29.1 Å². The Kier molecular flexibility index (Phi) is 6.39. The molecular formula is C18H27N3O4S. The van der Waals surface area contributed by atoms with E-state index < -0.39 is 5.97 Å². The normalized spacial score (nSPS) is 15.8. The van der Waals surface area contributed by atoms with Gasteiger partial charge in [0.2, 0.25) is 11.8 Å².